The number of benzene rings is 1. The summed E-state index contributed by atoms with van der Waals surface area (Å²) in [5.41, 5.74) is 1.43. The van der Waals surface area contributed by atoms with Gasteiger partial charge in [0, 0.05) is 12.1 Å². The Morgan fingerprint density at radius 1 is 1.17 bits per heavy atom. The van der Waals surface area contributed by atoms with E-state index < -0.39 is 0 Å². The molecule has 0 aliphatic heterocycles. The lowest BCUT2D eigenvalue weighted by atomic mass is 9.94. The van der Waals surface area contributed by atoms with Gasteiger partial charge in [-0.3, -0.25) is 0 Å². The highest BCUT2D eigenvalue weighted by Crippen LogP contribution is 2.35. The summed E-state index contributed by atoms with van der Waals surface area (Å²) < 4.78 is 0. The van der Waals surface area contributed by atoms with E-state index in [0.29, 0.717) is 18.0 Å². The summed E-state index contributed by atoms with van der Waals surface area (Å²) in [5.74, 6) is 1.65. The van der Waals surface area contributed by atoms with Crippen molar-refractivity contribution in [1.29, 1.82) is 0 Å². The van der Waals surface area contributed by atoms with Crippen LogP contribution < -0.4 is 5.32 Å². The topological polar surface area (TPSA) is 12.0 Å². The van der Waals surface area contributed by atoms with E-state index in [-0.39, 0.29) is 0 Å². The largest absolute Gasteiger partial charge is 0.307 e. The Hall–Kier alpha value is -0.820. The smallest absolute Gasteiger partial charge is 0.0345 e. The van der Waals surface area contributed by atoms with E-state index >= 15 is 0 Å². The first-order valence-corrected chi connectivity index (χ1v) is 7.51. The molecule has 1 aliphatic rings. The van der Waals surface area contributed by atoms with Gasteiger partial charge < -0.3 is 5.32 Å². The highest BCUT2D eigenvalue weighted by Gasteiger charge is 2.26. The predicted octanol–water partition coefficient (Wildman–Crippen LogP) is 4.55. The third kappa shape index (κ3) is 3.84. The molecule has 1 aliphatic carbocycles. The third-order valence-electron chi connectivity index (χ3n) is 4.05. The second-order valence-corrected chi connectivity index (χ2v) is 6.08. The minimum atomic E-state index is 0.495. The average Bonchev–Trinajstić information content (AvgIpc) is 3.19. The Kier molecular flexibility index (Phi) is 4.82. The molecule has 0 heterocycles. The summed E-state index contributed by atoms with van der Waals surface area (Å²) in [5, 5.41) is 3.89. The summed E-state index contributed by atoms with van der Waals surface area (Å²) in [6.07, 6.45) is 5.52. The number of hydrogen-bond donors (Lipinski definition) is 1. The summed E-state index contributed by atoms with van der Waals surface area (Å²) in [4.78, 5) is 0. The molecule has 1 aromatic rings. The van der Waals surface area contributed by atoms with Crippen LogP contribution in [0.3, 0.4) is 0 Å². The molecule has 100 valence electrons. The number of hydrogen-bond acceptors (Lipinski definition) is 1. The Morgan fingerprint density at radius 2 is 1.83 bits per heavy atom. The van der Waals surface area contributed by atoms with Crippen LogP contribution in [-0.2, 0) is 0 Å². The molecule has 2 atom stereocenters. The van der Waals surface area contributed by atoms with Crippen LogP contribution in [-0.4, -0.2) is 6.04 Å². The molecule has 0 aromatic heterocycles. The summed E-state index contributed by atoms with van der Waals surface area (Å²) in [7, 11) is 0. The molecule has 0 amide bonds. The zero-order valence-electron chi connectivity index (χ0n) is 12.0. The van der Waals surface area contributed by atoms with Crippen molar-refractivity contribution in [2.75, 3.05) is 0 Å². The lowest BCUT2D eigenvalue weighted by Crippen LogP contribution is -2.35. The van der Waals surface area contributed by atoms with Crippen LogP contribution in [0.4, 0.5) is 0 Å². The van der Waals surface area contributed by atoms with Gasteiger partial charge in [0.05, 0.1) is 0 Å². The summed E-state index contributed by atoms with van der Waals surface area (Å²) >= 11 is 0. The maximum absolute atomic E-state index is 3.89. The van der Waals surface area contributed by atoms with Gasteiger partial charge in [0.1, 0.15) is 0 Å². The highest BCUT2D eigenvalue weighted by atomic mass is 15.0. The van der Waals surface area contributed by atoms with Gasteiger partial charge in [-0.15, -0.1) is 0 Å². The van der Waals surface area contributed by atoms with Crippen LogP contribution in [0, 0.1) is 11.8 Å². The normalized spacial score (nSPS) is 18.9. The molecule has 2 unspecified atom stereocenters. The van der Waals surface area contributed by atoms with Gasteiger partial charge in [0.15, 0.2) is 0 Å². The lowest BCUT2D eigenvalue weighted by Gasteiger charge is -2.28. The van der Waals surface area contributed by atoms with Crippen LogP contribution in [0.5, 0.6) is 0 Å². The Labute approximate surface area is 112 Å². The fourth-order valence-corrected chi connectivity index (χ4v) is 2.70. The van der Waals surface area contributed by atoms with Gasteiger partial charge in [-0.05, 0) is 30.2 Å². The molecular formula is C17H27N. The van der Waals surface area contributed by atoms with E-state index in [9.17, 15) is 0 Å². The van der Waals surface area contributed by atoms with Crippen molar-refractivity contribution >= 4 is 0 Å². The van der Waals surface area contributed by atoms with E-state index in [4.69, 9.17) is 0 Å². The van der Waals surface area contributed by atoms with Crippen LogP contribution in [0.25, 0.3) is 0 Å². The Bertz CT molecular complexity index is 340. The standard InChI is InChI=1S/C17H27N/c1-4-16(12-14-10-11-14)18-17(13(2)3)15-8-6-5-7-9-15/h5-9,13-14,16-18H,4,10-12H2,1-3H3. The van der Waals surface area contributed by atoms with Crippen molar-refractivity contribution in [2.45, 2.75) is 58.5 Å². The van der Waals surface area contributed by atoms with Gasteiger partial charge >= 0.3 is 0 Å². The SMILES string of the molecule is CCC(CC1CC1)NC(c1ccccc1)C(C)C. The molecule has 1 aromatic carbocycles. The van der Waals surface area contributed by atoms with Crippen LogP contribution >= 0.6 is 0 Å². The minimum absolute atomic E-state index is 0.495. The first-order valence-electron chi connectivity index (χ1n) is 7.51. The minimum Gasteiger partial charge on any atom is -0.307 e. The molecule has 2 rings (SSSR count). The second-order valence-electron chi connectivity index (χ2n) is 6.08. The number of nitrogens with one attached hydrogen (secondary N) is 1. The monoisotopic (exact) mass is 245 g/mol. The molecule has 0 radical (unpaired) electrons. The van der Waals surface area contributed by atoms with Gasteiger partial charge in [0.25, 0.3) is 0 Å². The van der Waals surface area contributed by atoms with Gasteiger partial charge in [-0.25, -0.2) is 0 Å². The molecule has 18 heavy (non-hydrogen) atoms. The fraction of sp³-hybridized carbons (Fsp3) is 0.647. The molecule has 1 heteroatoms. The zero-order valence-corrected chi connectivity index (χ0v) is 12.0. The van der Waals surface area contributed by atoms with Crippen LogP contribution in [0.2, 0.25) is 0 Å². The van der Waals surface area contributed by atoms with Gasteiger partial charge in [0.2, 0.25) is 0 Å². The highest BCUT2D eigenvalue weighted by molar-refractivity contribution is 5.19. The maximum atomic E-state index is 3.89. The Balaban J connectivity index is 2.00. The molecule has 1 saturated carbocycles. The van der Waals surface area contributed by atoms with Gasteiger partial charge in [-0.1, -0.05) is 63.9 Å². The molecular weight excluding hydrogens is 218 g/mol. The van der Waals surface area contributed by atoms with Crippen molar-refractivity contribution < 1.29 is 0 Å². The van der Waals surface area contributed by atoms with Crippen molar-refractivity contribution in [3.63, 3.8) is 0 Å². The van der Waals surface area contributed by atoms with Crippen molar-refractivity contribution in [3.8, 4) is 0 Å². The third-order valence-corrected chi connectivity index (χ3v) is 4.05. The first kappa shape index (κ1) is 13.6. The van der Waals surface area contributed by atoms with E-state index in [1.54, 1.807) is 0 Å². The quantitative estimate of drug-likeness (QED) is 0.743. The van der Waals surface area contributed by atoms with E-state index in [1.165, 1.54) is 31.2 Å². The molecule has 1 nitrogen and oxygen atoms in total. The fourth-order valence-electron chi connectivity index (χ4n) is 2.70. The molecule has 0 saturated heterocycles. The summed E-state index contributed by atoms with van der Waals surface area (Å²) in [6.45, 7) is 6.94. The number of rotatable bonds is 7. The first-order chi connectivity index (χ1) is 8.70. The van der Waals surface area contributed by atoms with Crippen LogP contribution in [0.15, 0.2) is 30.3 Å². The molecule has 1 N–H and O–H groups in total. The second kappa shape index (κ2) is 6.38. The van der Waals surface area contributed by atoms with E-state index in [2.05, 4.69) is 56.4 Å². The van der Waals surface area contributed by atoms with Crippen molar-refractivity contribution in [1.82, 2.24) is 5.32 Å². The molecule has 0 spiro atoms. The zero-order chi connectivity index (χ0) is 13.0. The molecule has 1 fully saturated rings. The van der Waals surface area contributed by atoms with Crippen molar-refractivity contribution in [3.05, 3.63) is 35.9 Å². The van der Waals surface area contributed by atoms with E-state index in [0.717, 1.165) is 5.92 Å². The maximum Gasteiger partial charge on any atom is 0.0345 e. The lowest BCUT2D eigenvalue weighted by molar-refractivity contribution is 0.332. The van der Waals surface area contributed by atoms with E-state index in [1.807, 2.05) is 0 Å². The Morgan fingerprint density at radius 3 is 2.33 bits per heavy atom. The van der Waals surface area contributed by atoms with Crippen LogP contribution in [0.1, 0.15) is 58.1 Å². The average molecular weight is 245 g/mol. The van der Waals surface area contributed by atoms with Crippen molar-refractivity contribution in [2.24, 2.45) is 11.8 Å². The molecule has 0 bridgehead atoms. The van der Waals surface area contributed by atoms with Gasteiger partial charge in [-0.2, -0.15) is 0 Å². The predicted molar refractivity (Wildman–Crippen MR) is 78.6 cm³/mol. The summed E-state index contributed by atoms with van der Waals surface area (Å²) in [6, 6.07) is 12.1.